The van der Waals surface area contributed by atoms with Crippen LogP contribution >= 0.6 is 0 Å². The van der Waals surface area contributed by atoms with Crippen LogP contribution in [0.1, 0.15) is 60.8 Å². The molecule has 1 aliphatic carbocycles. The maximum atomic E-state index is 14.3. The van der Waals surface area contributed by atoms with Crippen LogP contribution in [0.5, 0.6) is 0 Å². The highest BCUT2D eigenvalue weighted by Gasteiger charge is 2.51. The van der Waals surface area contributed by atoms with Gasteiger partial charge in [-0.05, 0) is 84.5 Å². The summed E-state index contributed by atoms with van der Waals surface area (Å²) in [5.74, 6) is 0.893. The highest BCUT2D eigenvalue weighted by Crippen LogP contribution is 2.41. The van der Waals surface area contributed by atoms with Gasteiger partial charge in [0.05, 0.1) is 12.2 Å². The van der Waals surface area contributed by atoms with Crippen LogP contribution in [0, 0.1) is 5.92 Å². The van der Waals surface area contributed by atoms with Crippen LogP contribution < -0.4 is 16.4 Å². The van der Waals surface area contributed by atoms with Gasteiger partial charge in [-0.1, -0.05) is 116 Å². The molecule has 5 aromatic rings. The predicted molar refractivity (Wildman–Crippen MR) is 222 cm³/mol. The molecule has 0 spiro atoms. The van der Waals surface area contributed by atoms with Crippen molar-refractivity contribution in [2.24, 2.45) is 21.6 Å². The van der Waals surface area contributed by atoms with E-state index < -0.39 is 11.1 Å². The van der Waals surface area contributed by atoms with E-state index in [2.05, 4.69) is 33.8 Å². The SMILES string of the molecule is CN1C(=O)[C@@](CCc2ccccc2)(C[C@H]2CCC[C@@H](Nc3cccnc3)C2)N=C1Nc1ccc(CN2C(=O)C(c3ccccc3)(c3ccccc3)N=C2N)cc1. The Labute approximate surface area is 328 Å². The maximum absolute atomic E-state index is 14.3. The molecular formula is C46H48N8O2. The van der Waals surface area contributed by atoms with Gasteiger partial charge in [0.25, 0.3) is 11.8 Å². The summed E-state index contributed by atoms with van der Waals surface area (Å²) in [6.45, 7) is 0.260. The van der Waals surface area contributed by atoms with E-state index in [0.29, 0.717) is 30.8 Å². The Kier molecular flexibility index (Phi) is 10.4. The lowest BCUT2D eigenvalue weighted by Gasteiger charge is -2.35. The van der Waals surface area contributed by atoms with Crippen molar-refractivity contribution in [3.8, 4) is 0 Å². The van der Waals surface area contributed by atoms with Crippen molar-refractivity contribution in [3.63, 3.8) is 0 Å². The third kappa shape index (κ3) is 7.39. The fourth-order valence-electron chi connectivity index (χ4n) is 8.65. The summed E-state index contributed by atoms with van der Waals surface area (Å²) in [5, 5.41) is 7.13. The van der Waals surface area contributed by atoms with Crippen molar-refractivity contribution in [1.29, 1.82) is 0 Å². The zero-order chi connectivity index (χ0) is 38.5. The smallest absolute Gasteiger partial charge is 0.266 e. The molecule has 3 atom stereocenters. The number of carbonyl (C=O) groups is 2. The minimum Gasteiger partial charge on any atom is -0.381 e. The lowest BCUT2D eigenvalue weighted by molar-refractivity contribution is -0.131. The quantitative estimate of drug-likeness (QED) is 0.123. The van der Waals surface area contributed by atoms with E-state index in [-0.39, 0.29) is 24.3 Å². The van der Waals surface area contributed by atoms with Crippen LogP contribution in [0.3, 0.4) is 0 Å². The lowest BCUT2D eigenvalue weighted by Crippen LogP contribution is -2.44. The van der Waals surface area contributed by atoms with E-state index >= 15 is 0 Å². The molecule has 3 aliphatic rings. The van der Waals surface area contributed by atoms with Gasteiger partial charge in [-0.3, -0.25) is 24.4 Å². The molecule has 2 aliphatic heterocycles. The number of aryl methyl sites for hydroxylation is 1. The molecule has 3 heterocycles. The van der Waals surface area contributed by atoms with Gasteiger partial charge in [-0.15, -0.1) is 0 Å². The molecule has 4 N–H and O–H groups in total. The summed E-state index contributed by atoms with van der Waals surface area (Å²) in [5.41, 5.74) is 9.82. The number of carbonyl (C=O) groups excluding carboxylic acids is 2. The number of likely N-dealkylation sites (N-methyl/N-ethyl adjacent to an activating group) is 1. The van der Waals surface area contributed by atoms with Crippen LogP contribution in [-0.2, 0) is 28.1 Å². The molecule has 0 unspecified atom stereocenters. The summed E-state index contributed by atoms with van der Waals surface area (Å²) in [6.07, 6.45) is 9.97. The Morgan fingerprint density at radius 1 is 0.750 bits per heavy atom. The molecule has 0 saturated heterocycles. The minimum atomic E-state index is -1.26. The number of hydrogen-bond acceptors (Lipinski definition) is 8. The molecule has 1 aromatic heterocycles. The molecule has 0 bridgehead atoms. The Balaban J connectivity index is 0.996. The van der Waals surface area contributed by atoms with Crippen molar-refractivity contribution in [2.75, 3.05) is 17.7 Å². The maximum Gasteiger partial charge on any atom is 0.266 e. The molecule has 4 aromatic carbocycles. The van der Waals surface area contributed by atoms with E-state index in [4.69, 9.17) is 15.7 Å². The largest absolute Gasteiger partial charge is 0.381 e. The number of guanidine groups is 2. The topological polar surface area (TPSA) is 128 Å². The number of pyridine rings is 1. The van der Waals surface area contributed by atoms with Gasteiger partial charge in [0.1, 0.15) is 5.54 Å². The minimum absolute atomic E-state index is 0.0255. The first kappa shape index (κ1) is 36.7. The molecular weight excluding hydrogens is 697 g/mol. The third-order valence-corrected chi connectivity index (χ3v) is 11.5. The van der Waals surface area contributed by atoms with Crippen molar-refractivity contribution in [3.05, 3.63) is 162 Å². The van der Waals surface area contributed by atoms with E-state index in [1.165, 1.54) is 5.56 Å². The van der Waals surface area contributed by atoms with Crippen molar-refractivity contribution < 1.29 is 9.59 Å². The van der Waals surface area contributed by atoms with Gasteiger partial charge in [0.15, 0.2) is 11.5 Å². The van der Waals surface area contributed by atoms with Crippen molar-refractivity contribution >= 4 is 35.1 Å². The summed E-state index contributed by atoms with van der Waals surface area (Å²) >= 11 is 0. The average molecular weight is 745 g/mol. The Bertz CT molecular complexity index is 2160. The summed E-state index contributed by atoms with van der Waals surface area (Å²) in [6, 6.07) is 41.7. The van der Waals surface area contributed by atoms with Crippen LogP contribution in [0.2, 0.25) is 0 Å². The van der Waals surface area contributed by atoms with Gasteiger partial charge in [0, 0.05) is 31.2 Å². The molecule has 284 valence electrons. The van der Waals surface area contributed by atoms with E-state index in [0.717, 1.165) is 60.2 Å². The molecule has 8 rings (SSSR count). The second-order valence-electron chi connectivity index (χ2n) is 15.3. The number of aliphatic imine (C=N–C) groups is 2. The Morgan fingerprint density at radius 3 is 2.09 bits per heavy atom. The number of amides is 2. The zero-order valence-corrected chi connectivity index (χ0v) is 31.7. The first-order chi connectivity index (χ1) is 27.3. The Hall–Kier alpha value is -6.29. The molecule has 56 heavy (non-hydrogen) atoms. The highest BCUT2D eigenvalue weighted by molar-refractivity contribution is 6.12. The van der Waals surface area contributed by atoms with Gasteiger partial charge in [0.2, 0.25) is 5.96 Å². The predicted octanol–water partition coefficient (Wildman–Crippen LogP) is 7.35. The summed E-state index contributed by atoms with van der Waals surface area (Å²) in [7, 11) is 1.81. The standard InChI is InChI=1S/C46H48N8O2/c1-53-41(55)45(27-26-33-13-5-2-6-14-33,30-35-15-11-20-39(29-35)49-40-21-12-28-48-31-40)52-44(53)50-38-24-22-34(23-25-38)32-54-42(56)46(51-43(54)47,36-16-7-3-8-17-36)37-18-9-4-10-19-37/h2-10,12-14,16-19,21-25,28,31,35,39,49H,11,15,20,26-27,29-30,32H2,1H3,(H2,47,51)(H,50,52)/t35-,39+,45+/m0/s1. The fourth-order valence-corrected chi connectivity index (χ4v) is 8.65. The van der Waals surface area contributed by atoms with E-state index in [1.54, 1.807) is 16.0 Å². The number of benzene rings is 4. The molecule has 1 saturated carbocycles. The summed E-state index contributed by atoms with van der Waals surface area (Å²) < 4.78 is 0. The van der Waals surface area contributed by atoms with Gasteiger partial charge in [-0.2, -0.15) is 0 Å². The van der Waals surface area contributed by atoms with Crippen molar-refractivity contribution in [1.82, 2.24) is 14.8 Å². The van der Waals surface area contributed by atoms with E-state index in [9.17, 15) is 9.59 Å². The molecule has 10 heteroatoms. The zero-order valence-electron chi connectivity index (χ0n) is 31.7. The fraction of sp³-hybridized carbons (Fsp3) is 0.283. The molecule has 2 amide bonds. The molecule has 1 fully saturated rings. The normalized spacial score (nSPS) is 21.8. The lowest BCUT2D eigenvalue weighted by atomic mass is 9.75. The van der Waals surface area contributed by atoms with Crippen LogP contribution in [0.4, 0.5) is 11.4 Å². The highest BCUT2D eigenvalue weighted by atomic mass is 16.2. The average Bonchev–Trinajstić information content (AvgIpc) is 3.62. The second kappa shape index (κ2) is 15.8. The first-order valence-electron chi connectivity index (χ1n) is 19.6. The number of aromatic nitrogens is 1. The van der Waals surface area contributed by atoms with Crippen LogP contribution in [0.15, 0.2) is 150 Å². The number of nitrogens with two attached hydrogens (primary N) is 1. The Morgan fingerprint density at radius 2 is 1.43 bits per heavy atom. The number of nitrogens with zero attached hydrogens (tertiary/aromatic N) is 5. The number of rotatable bonds is 12. The van der Waals surface area contributed by atoms with Crippen LogP contribution in [0.25, 0.3) is 0 Å². The number of anilines is 2. The molecule has 0 radical (unpaired) electrons. The van der Waals surface area contributed by atoms with Crippen LogP contribution in [-0.4, -0.2) is 57.1 Å². The monoisotopic (exact) mass is 744 g/mol. The third-order valence-electron chi connectivity index (χ3n) is 11.5. The van der Waals surface area contributed by atoms with Gasteiger partial charge in [-0.25, -0.2) is 9.98 Å². The number of hydrogen-bond donors (Lipinski definition) is 3. The second-order valence-corrected chi connectivity index (χ2v) is 15.3. The van der Waals surface area contributed by atoms with Gasteiger partial charge < -0.3 is 16.4 Å². The van der Waals surface area contributed by atoms with Crippen molar-refractivity contribution in [2.45, 2.75) is 68.6 Å². The van der Waals surface area contributed by atoms with Gasteiger partial charge >= 0.3 is 0 Å². The first-order valence-corrected chi connectivity index (χ1v) is 19.6. The summed E-state index contributed by atoms with van der Waals surface area (Å²) in [4.78, 5) is 46.3. The molecule has 10 nitrogen and oxygen atoms in total. The van der Waals surface area contributed by atoms with E-state index in [1.807, 2.05) is 122 Å². The number of nitrogens with one attached hydrogen (secondary N) is 2.